The molecule has 4 fully saturated rings. The molecule has 0 aromatic heterocycles. The summed E-state index contributed by atoms with van der Waals surface area (Å²) < 4.78 is 33.2. The van der Waals surface area contributed by atoms with Crippen molar-refractivity contribution < 1.29 is 89.7 Å². The monoisotopic (exact) mass is 663 g/mol. The molecule has 0 amide bonds. The number of hydrogen-bond donors (Lipinski definition) is 15. The largest absolute Gasteiger partial charge is 0.394 e. The van der Waals surface area contributed by atoms with Crippen LogP contribution in [0.4, 0.5) is 0 Å². The van der Waals surface area contributed by atoms with Gasteiger partial charge >= 0.3 is 0 Å². The fourth-order valence-corrected chi connectivity index (χ4v) is 6.14. The summed E-state index contributed by atoms with van der Waals surface area (Å²) in [6.45, 7) is -3.42. The van der Waals surface area contributed by atoms with Gasteiger partial charge in [0.2, 0.25) is 0 Å². The molecule has 0 aliphatic carbocycles. The Labute approximate surface area is 255 Å². The lowest BCUT2D eigenvalue weighted by Gasteiger charge is -2.55. The molecule has 0 bridgehead atoms. The molecular formula is C24H45N3O18. The molecule has 20 atom stereocenters. The molecule has 4 rings (SSSR count). The predicted octanol–water partition coefficient (Wildman–Crippen LogP) is -10.5. The summed E-state index contributed by atoms with van der Waals surface area (Å²) in [5.74, 6) is 0. The molecule has 0 spiro atoms. The molecule has 4 saturated heterocycles. The number of aliphatic hydroxyl groups is 12. The molecule has 21 heteroatoms. The van der Waals surface area contributed by atoms with Gasteiger partial charge in [0.25, 0.3) is 0 Å². The quantitative estimate of drug-likeness (QED) is 0.109. The standard InChI is InChI=1S/C24H45N3O18/c25-9-13(33)17(6(2-29)40-20(9)24(39)8(4-31)43-21(38)11(27)19(24)37)44-22-10(26)14(34)18(7(3-30)42-22)45-23-16(36)15(35)12(32)5(1-28)41-23/h5-23,28-39H,1-4,25-27H2/t5-,6-,7-,8-,9-,10-,11-,12+,13-,14-,15+,16-,17-,18-,19-,20-,21?,22+,23+,24-/m1/s1. The summed E-state index contributed by atoms with van der Waals surface area (Å²) in [4.78, 5) is 0. The van der Waals surface area contributed by atoms with Crippen molar-refractivity contribution in [3.05, 3.63) is 0 Å². The first-order valence-corrected chi connectivity index (χ1v) is 14.3. The maximum atomic E-state index is 11.5. The number of hydrogen-bond acceptors (Lipinski definition) is 21. The van der Waals surface area contributed by atoms with Crippen LogP contribution in [0, 0.1) is 0 Å². The number of aliphatic hydroxyl groups excluding tert-OH is 11. The topological polar surface area (TPSA) is 376 Å². The van der Waals surface area contributed by atoms with E-state index in [-0.39, 0.29) is 0 Å². The molecule has 0 aromatic carbocycles. The summed E-state index contributed by atoms with van der Waals surface area (Å²) in [6, 6.07) is -4.73. The summed E-state index contributed by atoms with van der Waals surface area (Å²) in [5, 5.41) is 124. The van der Waals surface area contributed by atoms with Gasteiger partial charge in [0.15, 0.2) is 18.9 Å². The molecule has 0 saturated carbocycles. The first-order valence-electron chi connectivity index (χ1n) is 14.3. The second kappa shape index (κ2) is 14.7. The fourth-order valence-electron chi connectivity index (χ4n) is 6.14. The Hall–Kier alpha value is -0.840. The van der Waals surface area contributed by atoms with Crippen molar-refractivity contribution in [1.82, 2.24) is 0 Å². The van der Waals surface area contributed by atoms with Crippen LogP contribution in [0.5, 0.6) is 0 Å². The highest BCUT2D eigenvalue weighted by Crippen LogP contribution is 2.39. The minimum atomic E-state index is -2.60. The molecule has 4 heterocycles. The van der Waals surface area contributed by atoms with Crippen LogP contribution >= 0.6 is 0 Å². The van der Waals surface area contributed by atoms with Gasteiger partial charge in [-0.15, -0.1) is 0 Å². The smallest absolute Gasteiger partial charge is 0.187 e. The van der Waals surface area contributed by atoms with Gasteiger partial charge in [-0.25, -0.2) is 0 Å². The first kappa shape index (κ1) is 37.0. The Bertz CT molecular complexity index is 951. The SMILES string of the molecule is N[C@@H]1[C@@H](O)[C@H](O[C@@H]2O[C@H](CO)[C@@H](O[C@@H]3O[C@H](CO)[C@H](O)[C@H](O)[C@H]3O)[C@H](O)[C@H]2N)[C@@H](CO)O[C@H]1[C@]1(O)[C@H](O)[C@@H](N)C(O)O[C@@H]1CO. The van der Waals surface area contributed by atoms with Crippen LogP contribution in [0.25, 0.3) is 0 Å². The maximum absolute atomic E-state index is 11.5. The van der Waals surface area contributed by atoms with Crippen molar-refractivity contribution in [2.24, 2.45) is 17.2 Å². The minimum absolute atomic E-state index is 0.757. The van der Waals surface area contributed by atoms with Gasteiger partial charge in [-0.3, -0.25) is 0 Å². The second-order valence-corrected chi connectivity index (χ2v) is 11.6. The van der Waals surface area contributed by atoms with E-state index in [1.807, 2.05) is 0 Å². The van der Waals surface area contributed by atoms with E-state index in [4.69, 9.17) is 45.6 Å². The number of rotatable bonds is 9. The van der Waals surface area contributed by atoms with Crippen LogP contribution in [0.3, 0.4) is 0 Å². The van der Waals surface area contributed by atoms with Gasteiger partial charge in [0.1, 0.15) is 85.0 Å². The van der Waals surface area contributed by atoms with Crippen LogP contribution in [-0.4, -0.2) is 210 Å². The van der Waals surface area contributed by atoms with E-state index in [0.717, 1.165) is 0 Å². The van der Waals surface area contributed by atoms with E-state index >= 15 is 0 Å². The van der Waals surface area contributed by atoms with Crippen molar-refractivity contribution in [1.29, 1.82) is 0 Å². The van der Waals surface area contributed by atoms with Crippen LogP contribution in [0.1, 0.15) is 0 Å². The molecule has 21 nitrogen and oxygen atoms in total. The average Bonchev–Trinajstić information content (AvgIpc) is 3.03. The Balaban J connectivity index is 1.50. The van der Waals surface area contributed by atoms with Gasteiger partial charge < -0.3 is 107 Å². The number of nitrogens with two attached hydrogens (primary N) is 3. The lowest BCUT2D eigenvalue weighted by Crippen LogP contribution is -2.79. The molecule has 0 aromatic rings. The van der Waals surface area contributed by atoms with Gasteiger partial charge in [-0.05, 0) is 0 Å². The van der Waals surface area contributed by atoms with Gasteiger partial charge in [-0.1, -0.05) is 0 Å². The molecule has 0 radical (unpaired) electrons. The van der Waals surface area contributed by atoms with Crippen molar-refractivity contribution >= 4 is 0 Å². The average molecular weight is 664 g/mol. The summed E-state index contributed by atoms with van der Waals surface area (Å²) >= 11 is 0. The molecule has 264 valence electrons. The van der Waals surface area contributed by atoms with Crippen molar-refractivity contribution in [2.45, 2.75) is 122 Å². The second-order valence-electron chi connectivity index (χ2n) is 11.6. The predicted molar refractivity (Wildman–Crippen MR) is 140 cm³/mol. The van der Waals surface area contributed by atoms with Crippen molar-refractivity contribution in [3.8, 4) is 0 Å². The van der Waals surface area contributed by atoms with E-state index in [0.29, 0.717) is 0 Å². The molecule has 4 aliphatic heterocycles. The first-order chi connectivity index (χ1) is 21.2. The van der Waals surface area contributed by atoms with E-state index in [2.05, 4.69) is 0 Å². The van der Waals surface area contributed by atoms with Crippen LogP contribution in [0.15, 0.2) is 0 Å². The molecule has 18 N–H and O–H groups in total. The Morgan fingerprint density at radius 3 is 1.60 bits per heavy atom. The summed E-state index contributed by atoms with van der Waals surface area (Å²) in [5.41, 5.74) is 15.5. The third-order valence-corrected chi connectivity index (χ3v) is 8.89. The number of ether oxygens (including phenoxy) is 6. The molecule has 4 aliphatic rings. The zero-order valence-corrected chi connectivity index (χ0v) is 23.8. The van der Waals surface area contributed by atoms with Crippen LogP contribution < -0.4 is 17.2 Å². The van der Waals surface area contributed by atoms with E-state index in [9.17, 15) is 61.3 Å². The molecule has 1 unspecified atom stereocenters. The lowest BCUT2D eigenvalue weighted by atomic mass is 9.73. The summed E-state index contributed by atoms with van der Waals surface area (Å²) in [6.07, 6.45) is -26.9. The zero-order valence-electron chi connectivity index (χ0n) is 23.8. The highest BCUT2D eigenvalue weighted by atomic mass is 16.7. The third-order valence-electron chi connectivity index (χ3n) is 8.89. The lowest BCUT2D eigenvalue weighted by molar-refractivity contribution is -0.364. The third kappa shape index (κ3) is 6.61. The molecule has 45 heavy (non-hydrogen) atoms. The molecular weight excluding hydrogens is 618 g/mol. The highest BCUT2D eigenvalue weighted by Gasteiger charge is 2.63. The van der Waals surface area contributed by atoms with Crippen molar-refractivity contribution in [3.63, 3.8) is 0 Å². The Kier molecular flexibility index (Phi) is 12.1. The maximum Gasteiger partial charge on any atom is 0.187 e. The van der Waals surface area contributed by atoms with Crippen molar-refractivity contribution in [2.75, 3.05) is 26.4 Å². The fraction of sp³-hybridized carbons (Fsp3) is 1.00. The van der Waals surface area contributed by atoms with Crippen LogP contribution in [0.2, 0.25) is 0 Å². The zero-order chi connectivity index (χ0) is 33.5. The van der Waals surface area contributed by atoms with E-state index < -0.39 is 148 Å². The van der Waals surface area contributed by atoms with E-state index in [1.165, 1.54) is 0 Å². The Morgan fingerprint density at radius 2 is 1.04 bits per heavy atom. The normalized spacial score (nSPS) is 54.6. The van der Waals surface area contributed by atoms with Gasteiger partial charge in [-0.2, -0.15) is 0 Å². The summed E-state index contributed by atoms with van der Waals surface area (Å²) in [7, 11) is 0. The van der Waals surface area contributed by atoms with E-state index in [1.54, 1.807) is 0 Å². The Morgan fingerprint density at radius 1 is 0.533 bits per heavy atom. The highest BCUT2D eigenvalue weighted by molar-refractivity contribution is 5.14. The minimum Gasteiger partial charge on any atom is -0.394 e. The van der Waals surface area contributed by atoms with Gasteiger partial charge in [0.05, 0.1) is 44.6 Å². The van der Waals surface area contributed by atoms with Gasteiger partial charge in [0, 0.05) is 0 Å². The van der Waals surface area contributed by atoms with Crippen LogP contribution in [-0.2, 0) is 28.4 Å².